The first-order valence-corrected chi connectivity index (χ1v) is 8.07. The fourth-order valence-electron chi connectivity index (χ4n) is 1.82. The molecule has 0 aliphatic rings. The molecule has 1 N–H and O–H groups in total. The van der Waals surface area contributed by atoms with Gasteiger partial charge in [-0.1, -0.05) is 20.8 Å². The molecular weight excluding hydrogens is 242 g/mol. The highest BCUT2D eigenvalue weighted by Gasteiger charge is 2.11. The van der Waals surface area contributed by atoms with Gasteiger partial charge < -0.3 is 9.88 Å². The summed E-state index contributed by atoms with van der Waals surface area (Å²) in [6.07, 6.45) is 3.36. The second kappa shape index (κ2) is 7.72. The van der Waals surface area contributed by atoms with Gasteiger partial charge in [-0.15, -0.1) is 0 Å². The first-order valence-electron chi connectivity index (χ1n) is 6.91. The van der Waals surface area contributed by atoms with E-state index in [9.17, 15) is 0 Å². The van der Waals surface area contributed by atoms with Gasteiger partial charge in [0.15, 0.2) is 0 Å². The monoisotopic (exact) mass is 269 g/mol. The molecule has 1 aromatic rings. The van der Waals surface area contributed by atoms with Gasteiger partial charge >= 0.3 is 0 Å². The summed E-state index contributed by atoms with van der Waals surface area (Å²) in [7, 11) is 0. The molecule has 1 heterocycles. The van der Waals surface area contributed by atoms with Crippen LogP contribution in [0.15, 0.2) is 6.20 Å². The Kier molecular flexibility index (Phi) is 6.61. The summed E-state index contributed by atoms with van der Waals surface area (Å²) in [4.78, 5) is 4.58. The highest BCUT2D eigenvalue weighted by atomic mass is 32.2. The van der Waals surface area contributed by atoms with E-state index in [1.807, 2.05) is 11.8 Å². The molecule has 1 unspecified atom stereocenters. The molecule has 0 saturated carbocycles. The molecule has 0 bridgehead atoms. The molecule has 0 saturated heterocycles. The van der Waals surface area contributed by atoms with Crippen LogP contribution in [0.25, 0.3) is 0 Å². The Morgan fingerprint density at radius 3 is 2.72 bits per heavy atom. The quantitative estimate of drug-likeness (QED) is 0.724. The van der Waals surface area contributed by atoms with E-state index >= 15 is 0 Å². The van der Waals surface area contributed by atoms with Crippen molar-refractivity contribution >= 4 is 17.7 Å². The van der Waals surface area contributed by atoms with Crippen molar-refractivity contribution in [1.29, 1.82) is 0 Å². The lowest BCUT2D eigenvalue weighted by Crippen LogP contribution is -2.15. The zero-order valence-electron chi connectivity index (χ0n) is 12.4. The number of hydrogen-bond acceptors (Lipinski definition) is 3. The van der Waals surface area contributed by atoms with Gasteiger partial charge in [0, 0.05) is 18.8 Å². The fraction of sp³-hybridized carbons (Fsp3) is 0.786. The number of aryl methyl sites for hydroxylation is 1. The van der Waals surface area contributed by atoms with Crippen molar-refractivity contribution in [2.24, 2.45) is 5.92 Å². The molecule has 1 rings (SSSR count). The average molecular weight is 269 g/mol. The molecule has 1 aromatic heterocycles. The van der Waals surface area contributed by atoms with Crippen LogP contribution < -0.4 is 5.32 Å². The van der Waals surface area contributed by atoms with E-state index in [2.05, 4.69) is 55.7 Å². The van der Waals surface area contributed by atoms with Crippen LogP contribution in [0.2, 0.25) is 0 Å². The van der Waals surface area contributed by atoms with E-state index in [0.717, 1.165) is 18.2 Å². The van der Waals surface area contributed by atoms with Gasteiger partial charge in [0.1, 0.15) is 0 Å². The van der Waals surface area contributed by atoms with E-state index in [1.165, 1.54) is 17.9 Å². The van der Waals surface area contributed by atoms with Crippen LogP contribution in [0.4, 0.5) is 5.95 Å². The highest BCUT2D eigenvalue weighted by Crippen LogP contribution is 2.20. The SMILES string of the molecule is CCSCCC(C)n1cc(C)nc1NCC(C)C. The summed E-state index contributed by atoms with van der Waals surface area (Å²) in [5.74, 6) is 4.09. The van der Waals surface area contributed by atoms with Crippen molar-refractivity contribution in [3.05, 3.63) is 11.9 Å². The number of rotatable bonds is 8. The second-order valence-corrected chi connectivity index (χ2v) is 6.62. The average Bonchev–Trinajstić information content (AvgIpc) is 2.68. The van der Waals surface area contributed by atoms with Crippen molar-refractivity contribution in [2.45, 2.75) is 47.1 Å². The molecule has 104 valence electrons. The number of anilines is 1. The Bertz CT molecular complexity index is 347. The van der Waals surface area contributed by atoms with Crippen molar-refractivity contribution in [2.75, 3.05) is 23.4 Å². The lowest BCUT2D eigenvalue weighted by molar-refractivity contribution is 0.536. The van der Waals surface area contributed by atoms with Crippen LogP contribution in [0.5, 0.6) is 0 Å². The van der Waals surface area contributed by atoms with Crippen LogP contribution in [0.3, 0.4) is 0 Å². The van der Waals surface area contributed by atoms with Crippen LogP contribution in [0.1, 0.15) is 45.9 Å². The summed E-state index contributed by atoms with van der Waals surface area (Å²) >= 11 is 2.01. The van der Waals surface area contributed by atoms with Gasteiger partial charge in [-0.05, 0) is 37.7 Å². The Balaban J connectivity index is 2.62. The van der Waals surface area contributed by atoms with Crippen LogP contribution in [-0.4, -0.2) is 27.6 Å². The van der Waals surface area contributed by atoms with E-state index in [1.54, 1.807) is 0 Å². The summed E-state index contributed by atoms with van der Waals surface area (Å²) in [5, 5.41) is 3.45. The third kappa shape index (κ3) is 4.92. The number of hydrogen-bond donors (Lipinski definition) is 1. The number of aromatic nitrogens is 2. The lowest BCUT2D eigenvalue weighted by atomic mass is 10.2. The van der Waals surface area contributed by atoms with Crippen LogP contribution >= 0.6 is 11.8 Å². The topological polar surface area (TPSA) is 29.9 Å². The Labute approximate surface area is 116 Å². The van der Waals surface area contributed by atoms with Crippen molar-refractivity contribution in [3.63, 3.8) is 0 Å². The van der Waals surface area contributed by atoms with Gasteiger partial charge in [0.2, 0.25) is 5.95 Å². The maximum absolute atomic E-state index is 4.58. The van der Waals surface area contributed by atoms with Crippen LogP contribution in [0, 0.1) is 12.8 Å². The standard InChI is InChI=1S/C14H27N3S/c1-6-18-8-7-13(5)17-10-12(4)16-14(17)15-9-11(2)3/h10-11,13H,6-9H2,1-5H3,(H,15,16). The first kappa shape index (κ1) is 15.4. The number of thioether (sulfide) groups is 1. The lowest BCUT2D eigenvalue weighted by Gasteiger charge is -2.17. The van der Waals surface area contributed by atoms with Gasteiger partial charge in [-0.3, -0.25) is 0 Å². The first-order chi connectivity index (χ1) is 8.54. The predicted molar refractivity (Wildman–Crippen MR) is 82.6 cm³/mol. The fourth-order valence-corrected chi connectivity index (χ4v) is 2.61. The van der Waals surface area contributed by atoms with E-state index in [0.29, 0.717) is 12.0 Å². The minimum atomic E-state index is 0.514. The number of nitrogens with zero attached hydrogens (tertiary/aromatic N) is 2. The largest absolute Gasteiger partial charge is 0.355 e. The van der Waals surface area contributed by atoms with Gasteiger partial charge in [-0.25, -0.2) is 4.98 Å². The van der Waals surface area contributed by atoms with Crippen molar-refractivity contribution < 1.29 is 0 Å². The Hall–Kier alpha value is -0.640. The Morgan fingerprint density at radius 2 is 2.11 bits per heavy atom. The Morgan fingerprint density at radius 1 is 1.39 bits per heavy atom. The highest BCUT2D eigenvalue weighted by molar-refractivity contribution is 7.99. The van der Waals surface area contributed by atoms with Crippen molar-refractivity contribution in [1.82, 2.24) is 9.55 Å². The molecule has 4 heteroatoms. The summed E-state index contributed by atoms with van der Waals surface area (Å²) < 4.78 is 2.29. The molecule has 0 aromatic carbocycles. The minimum absolute atomic E-state index is 0.514. The zero-order chi connectivity index (χ0) is 13.5. The molecule has 0 radical (unpaired) electrons. The molecule has 0 spiro atoms. The van der Waals surface area contributed by atoms with E-state index in [4.69, 9.17) is 0 Å². The predicted octanol–water partition coefficient (Wildman–Crippen LogP) is 3.96. The molecule has 0 fully saturated rings. The molecule has 1 atom stereocenters. The third-order valence-electron chi connectivity index (χ3n) is 2.88. The number of imidazole rings is 1. The van der Waals surface area contributed by atoms with Crippen LogP contribution in [-0.2, 0) is 0 Å². The summed E-state index contributed by atoms with van der Waals surface area (Å²) in [6, 6.07) is 0.514. The molecule has 18 heavy (non-hydrogen) atoms. The third-order valence-corrected chi connectivity index (χ3v) is 3.81. The normalized spacial score (nSPS) is 13.0. The summed E-state index contributed by atoms with van der Waals surface area (Å²) in [5.41, 5.74) is 1.09. The maximum Gasteiger partial charge on any atom is 0.203 e. The van der Waals surface area contributed by atoms with Gasteiger partial charge in [0.25, 0.3) is 0 Å². The van der Waals surface area contributed by atoms with Gasteiger partial charge in [0.05, 0.1) is 5.69 Å². The van der Waals surface area contributed by atoms with E-state index < -0.39 is 0 Å². The van der Waals surface area contributed by atoms with E-state index in [-0.39, 0.29) is 0 Å². The second-order valence-electron chi connectivity index (χ2n) is 5.22. The van der Waals surface area contributed by atoms with Gasteiger partial charge in [-0.2, -0.15) is 11.8 Å². The molecule has 3 nitrogen and oxygen atoms in total. The smallest absolute Gasteiger partial charge is 0.203 e. The summed E-state index contributed by atoms with van der Waals surface area (Å²) in [6.45, 7) is 12.0. The van der Waals surface area contributed by atoms with Crippen molar-refractivity contribution in [3.8, 4) is 0 Å². The molecule has 0 aliphatic heterocycles. The number of nitrogens with one attached hydrogen (secondary N) is 1. The zero-order valence-corrected chi connectivity index (χ0v) is 13.2. The molecular formula is C14H27N3S. The maximum atomic E-state index is 4.58. The molecule has 0 aliphatic carbocycles. The minimum Gasteiger partial charge on any atom is -0.355 e. The molecule has 0 amide bonds.